The largest absolute Gasteiger partial charge is 0.416 e. The summed E-state index contributed by atoms with van der Waals surface area (Å²) in [5, 5.41) is 8.46. The molecule has 5 rings (SSSR count). The number of carbonyl (C=O) groups is 1. The third-order valence-corrected chi connectivity index (χ3v) is 9.63. The van der Waals surface area contributed by atoms with Crippen molar-refractivity contribution in [3.05, 3.63) is 105 Å². The zero-order chi connectivity index (χ0) is 28.7. The molecule has 0 fully saturated rings. The maximum atomic E-state index is 13.4. The van der Waals surface area contributed by atoms with Gasteiger partial charge in [-0.25, -0.2) is 7.83 Å². The Morgan fingerprint density at radius 2 is 1.68 bits per heavy atom. The average molecular weight is 708 g/mol. The first-order valence-electron chi connectivity index (χ1n) is 11.1. The van der Waals surface area contributed by atoms with Crippen LogP contribution in [0, 0.1) is 0 Å². The van der Waals surface area contributed by atoms with Crippen molar-refractivity contribution in [3.63, 3.8) is 0 Å². The third-order valence-electron chi connectivity index (χ3n) is 5.64. The zero-order valence-electron chi connectivity index (χ0n) is 19.6. The summed E-state index contributed by atoms with van der Waals surface area (Å²) >= 11 is 5.33. The van der Waals surface area contributed by atoms with Crippen LogP contribution in [0.15, 0.2) is 75.0 Å². The first kappa shape index (κ1) is 28.4. The molecule has 2 aromatic carbocycles. The van der Waals surface area contributed by atoms with Gasteiger partial charge in [0.2, 0.25) is 5.78 Å². The first-order valence-corrected chi connectivity index (χ1v) is 15.8. The third kappa shape index (κ3) is 5.83. The Labute approximate surface area is 240 Å². The van der Waals surface area contributed by atoms with Crippen molar-refractivity contribution in [3.8, 4) is 11.3 Å². The fourth-order valence-corrected chi connectivity index (χ4v) is 8.00. The average Bonchev–Trinajstić information content (AvgIpc) is 3.55. The number of halogens is 8. The van der Waals surface area contributed by atoms with E-state index in [0.717, 1.165) is 0 Å². The van der Waals surface area contributed by atoms with E-state index in [1.54, 1.807) is 36.4 Å². The number of hydrogen-bond donors (Lipinski definition) is 0. The van der Waals surface area contributed by atoms with Crippen LogP contribution >= 0.6 is 40.2 Å². The second-order valence-electron chi connectivity index (χ2n) is 8.32. The van der Waals surface area contributed by atoms with Crippen molar-refractivity contribution in [2.24, 2.45) is 3.15 Å². The molecule has 1 aliphatic rings. The minimum atomic E-state index is -5.00. The van der Waals surface area contributed by atoms with E-state index in [0.29, 0.717) is 17.7 Å². The molecule has 3 heterocycles. The minimum absolute atomic E-state index is 0.0635. The van der Waals surface area contributed by atoms with Gasteiger partial charge in [0.05, 0.1) is 47.2 Å². The van der Waals surface area contributed by atoms with E-state index in [9.17, 15) is 31.1 Å². The quantitative estimate of drug-likeness (QED) is 0.114. The molecule has 0 saturated carbocycles. The zero-order valence-corrected chi connectivity index (χ0v) is 23.4. The molecule has 206 valence electrons. The van der Waals surface area contributed by atoms with Gasteiger partial charge in [0.15, 0.2) is 0 Å². The molecule has 4 aromatic rings. The molecule has 0 radical (unpaired) electrons. The number of benzene rings is 2. The number of ketones is 1. The molecule has 0 saturated heterocycles. The van der Waals surface area contributed by atoms with E-state index < -0.39 is 49.7 Å². The first-order chi connectivity index (χ1) is 18.9. The predicted octanol–water partition coefficient (Wildman–Crippen LogP) is 8.45. The van der Waals surface area contributed by atoms with Crippen molar-refractivity contribution in [2.75, 3.05) is 0 Å². The summed E-state index contributed by atoms with van der Waals surface area (Å²) in [5.41, 5.74) is -1.89. The molecular formula is C25H13ClF6IN5OS. The number of carbonyl (C=O) groups excluding carboxylic acids is 1. The highest BCUT2D eigenvalue weighted by Gasteiger charge is 2.37. The summed E-state index contributed by atoms with van der Waals surface area (Å²) in [6, 6.07) is 11.0. The van der Waals surface area contributed by atoms with Gasteiger partial charge >= 0.3 is 12.4 Å². The molecule has 0 atom stereocenters. The predicted molar refractivity (Wildman–Crippen MR) is 146 cm³/mol. The van der Waals surface area contributed by atoms with E-state index in [4.69, 9.17) is 11.6 Å². The molecule has 0 N–H and O–H groups in total. The lowest BCUT2D eigenvalue weighted by Gasteiger charge is -2.15. The lowest BCUT2D eigenvalue weighted by Crippen LogP contribution is -2.13. The van der Waals surface area contributed by atoms with E-state index in [2.05, 4.69) is 18.4 Å². The number of Topliss-reactive ketones (excluding diaryl/α,β-unsaturated/α-hetero) is 1. The van der Waals surface area contributed by atoms with Gasteiger partial charge in [-0.15, -0.1) is 5.10 Å². The molecule has 0 aliphatic carbocycles. The van der Waals surface area contributed by atoms with E-state index >= 15 is 0 Å². The Bertz CT molecular complexity index is 1640. The van der Waals surface area contributed by atoms with Gasteiger partial charge in [0.1, 0.15) is 17.1 Å². The number of allylic oxidation sites excluding steroid dienone is 1. The summed E-state index contributed by atoms with van der Waals surface area (Å²) in [7, 11) is 1.26. The monoisotopic (exact) mass is 707 g/mol. The molecule has 0 bridgehead atoms. The number of nitrogens with zero attached hydrogens (tertiary/aromatic N) is 5. The fourth-order valence-electron chi connectivity index (χ4n) is 3.87. The smallest absolute Gasteiger partial charge is 0.288 e. The fraction of sp³-hybridized carbons (Fsp3) is 0.120. The number of pyridine rings is 1. The van der Waals surface area contributed by atoms with Crippen molar-refractivity contribution in [2.45, 2.75) is 18.9 Å². The van der Waals surface area contributed by atoms with Gasteiger partial charge < -0.3 is 0 Å². The molecule has 40 heavy (non-hydrogen) atoms. The molecule has 0 spiro atoms. The van der Waals surface area contributed by atoms with Crippen molar-refractivity contribution in [1.29, 1.82) is 0 Å². The molecule has 15 heteroatoms. The molecular weight excluding hydrogens is 695 g/mol. The maximum absolute atomic E-state index is 13.4. The molecule has 0 amide bonds. The van der Waals surface area contributed by atoms with Crippen LogP contribution in [-0.2, 0) is 18.9 Å². The van der Waals surface area contributed by atoms with Gasteiger partial charge in [-0.3, -0.25) is 9.78 Å². The molecule has 6 nitrogen and oxygen atoms in total. The summed E-state index contributed by atoms with van der Waals surface area (Å²) in [5.74, 6) is -0.383. The SMILES string of the molecule is O=C(C1=C(c2nnn(Cc3cc(C(F)(F)F)cc(C(F)(F)F)c3)c2-c2cccnc2)N=IS1)c1ccccc1Cl. The van der Waals surface area contributed by atoms with Crippen LogP contribution in [0.1, 0.15) is 32.7 Å². The molecule has 1 aliphatic heterocycles. The summed E-state index contributed by atoms with van der Waals surface area (Å²) in [6.45, 7) is -0.479. The highest BCUT2D eigenvalue weighted by Crippen LogP contribution is 2.48. The Balaban J connectivity index is 1.65. The van der Waals surface area contributed by atoms with Gasteiger partial charge in [0, 0.05) is 23.5 Å². The van der Waals surface area contributed by atoms with Crippen LogP contribution in [0.25, 0.3) is 17.0 Å². The highest BCUT2D eigenvalue weighted by atomic mass is 127. The number of hydrogen-bond acceptors (Lipinski definition) is 6. The van der Waals surface area contributed by atoms with Gasteiger partial charge in [-0.1, -0.05) is 28.9 Å². The standard InChI is InChI=1S/C25H13ClF6IN5OS/c26-18-6-2-1-5-17(18)22(39)23-20(35-33-40-23)19-21(14-4-3-7-34-11-14)38(37-36-19)12-13-8-15(24(27,28)29)10-16(9-13)25(30,31)32/h1-11H,12H2. The van der Waals surface area contributed by atoms with Crippen molar-refractivity contribution in [1.82, 2.24) is 20.0 Å². The van der Waals surface area contributed by atoms with Crippen LogP contribution in [0.4, 0.5) is 26.3 Å². The van der Waals surface area contributed by atoms with Gasteiger partial charge in [-0.05, 0) is 57.0 Å². The van der Waals surface area contributed by atoms with Gasteiger partial charge in [-0.2, -0.15) is 26.3 Å². The lowest BCUT2D eigenvalue weighted by molar-refractivity contribution is -0.143. The van der Waals surface area contributed by atoms with Crippen LogP contribution in [0.5, 0.6) is 0 Å². The second kappa shape index (κ2) is 11.0. The molecule has 0 unspecified atom stereocenters. The summed E-state index contributed by atoms with van der Waals surface area (Å²) in [6.07, 6.45) is -7.07. The normalized spacial score (nSPS) is 14.0. The van der Waals surface area contributed by atoms with Crippen LogP contribution in [0.3, 0.4) is 0 Å². The Morgan fingerprint density at radius 1 is 0.975 bits per heavy atom. The summed E-state index contributed by atoms with van der Waals surface area (Å²) < 4.78 is 86.4. The molecule has 2 aromatic heterocycles. The number of aromatic nitrogens is 4. The van der Waals surface area contributed by atoms with E-state index in [1.165, 1.54) is 26.0 Å². The number of alkyl halides is 6. The Hall–Kier alpha value is -3.11. The van der Waals surface area contributed by atoms with Crippen LogP contribution in [0.2, 0.25) is 5.02 Å². The highest BCUT2D eigenvalue weighted by molar-refractivity contribution is 14.2. The van der Waals surface area contributed by atoms with Crippen molar-refractivity contribution < 1.29 is 31.1 Å². The van der Waals surface area contributed by atoms with Gasteiger partial charge in [0.25, 0.3) is 0 Å². The Morgan fingerprint density at radius 3 is 2.30 bits per heavy atom. The van der Waals surface area contributed by atoms with Crippen LogP contribution in [-0.4, -0.2) is 25.8 Å². The second-order valence-corrected chi connectivity index (χ2v) is 12.4. The lowest BCUT2D eigenvalue weighted by atomic mass is 10.0. The summed E-state index contributed by atoms with van der Waals surface area (Å²) in [4.78, 5) is 17.7. The topological polar surface area (TPSA) is 73.0 Å². The Kier molecular flexibility index (Phi) is 7.85. The number of rotatable bonds is 6. The van der Waals surface area contributed by atoms with Crippen molar-refractivity contribution >= 4 is 51.7 Å². The van der Waals surface area contributed by atoms with E-state index in [1.807, 2.05) is 0 Å². The van der Waals surface area contributed by atoms with Crippen LogP contribution < -0.4 is 0 Å². The maximum Gasteiger partial charge on any atom is 0.416 e. The van der Waals surface area contributed by atoms with E-state index in [-0.39, 0.29) is 50.0 Å². The minimum Gasteiger partial charge on any atom is -0.288 e.